The van der Waals surface area contributed by atoms with E-state index in [4.69, 9.17) is 17.0 Å². The molecule has 144 valence electrons. The van der Waals surface area contributed by atoms with Crippen LogP contribution in [0.2, 0.25) is 0 Å². The highest BCUT2D eigenvalue weighted by molar-refractivity contribution is 7.80. The average Bonchev–Trinajstić information content (AvgIpc) is 2.59. The van der Waals surface area contributed by atoms with E-state index in [0.29, 0.717) is 10.7 Å². The Bertz CT molecular complexity index is 625. The van der Waals surface area contributed by atoms with E-state index < -0.39 is 0 Å². The lowest BCUT2D eigenvalue weighted by Gasteiger charge is -2.35. The summed E-state index contributed by atoms with van der Waals surface area (Å²) >= 11 is 5.39. The molecular formula is C20H31N3O2S. The van der Waals surface area contributed by atoms with Gasteiger partial charge in [-0.25, -0.2) is 4.79 Å². The molecule has 1 aliphatic heterocycles. The number of nitrogens with one attached hydrogen (secondary N) is 2. The Hall–Kier alpha value is -1.66. The van der Waals surface area contributed by atoms with E-state index in [1.807, 2.05) is 13.0 Å². The van der Waals surface area contributed by atoms with Crippen molar-refractivity contribution in [3.05, 3.63) is 29.3 Å². The molecule has 1 fully saturated rings. The molecule has 2 atom stereocenters. The SMILES string of the molecule is COC(=O)c1ccc(C)c(NC(=S)NCCCN2CC(C)CC(C)C2)c1. The third-order valence-electron chi connectivity index (χ3n) is 4.79. The van der Waals surface area contributed by atoms with Gasteiger partial charge in [0.1, 0.15) is 0 Å². The second-order valence-electron chi connectivity index (χ2n) is 7.46. The zero-order chi connectivity index (χ0) is 19.1. The van der Waals surface area contributed by atoms with Crippen LogP contribution in [0.25, 0.3) is 0 Å². The fourth-order valence-electron chi connectivity index (χ4n) is 3.65. The van der Waals surface area contributed by atoms with Gasteiger partial charge in [0.15, 0.2) is 5.11 Å². The van der Waals surface area contributed by atoms with Gasteiger partial charge in [-0.15, -0.1) is 0 Å². The summed E-state index contributed by atoms with van der Waals surface area (Å²) in [5.74, 6) is 1.23. The van der Waals surface area contributed by atoms with Crippen LogP contribution in [0, 0.1) is 18.8 Å². The maximum atomic E-state index is 11.7. The second-order valence-corrected chi connectivity index (χ2v) is 7.87. The van der Waals surface area contributed by atoms with Crippen LogP contribution in [0.15, 0.2) is 18.2 Å². The Morgan fingerprint density at radius 3 is 2.65 bits per heavy atom. The minimum absolute atomic E-state index is 0.350. The van der Waals surface area contributed by atoms with Gasteiger partial charge in [0.2, 0.25) is 0 Å². The normalized spacial score (nSPS) is 20.5. The third-order valence-corrected chi connectivity index (χ3v) is 5.03. The first-order chi connectivity index (χ1) is 12.4. The van der Waals surface area contributed by atoms with E-state index >= 15 is 0 Å². The van der Waals surface area contributed by atoms with E-state index in [1.165, 1.54) is 26.6 Å². The Morgan fingerprint density at radius 1 is 1.31 bits per heavy atom. The number of rotatable bonds is 6. The zero-order valence-corrected chi connectivity index (χ0v) is 17.1. The van der Waals surface area contributed by atoms with Crippen LogP contribution < -0.4 is 10.6 Å². The molecule has 0 radical (unpaired) electrons. The highest BCUT2D eigenvalue weighted by Crippen LogP contribution is 2.21. The number of hydrogen-bond acceptors (Lipinski definition) is 4. The molecule has 0 aliphatic carbocycles. The van der Waals surface area contributed by atoms with Gasteiger partial charge in [0, 0.05) is 25.3 Å². The van der Waals surface area contributed by atoms with Gasteiger partial charge in [-0.1, -0.05) is 19.9 Å². The monoisotopic (exact) mass is 377 g/mol. The van der Waals surface area contributed by atoms with Crippen molar-refractivity contribution in [1.82, 2.24) is 10.2 Å². The Morgan fingerprint density at radius 2 is 2.00 bits per heavy atom. The van der Waals surface area contributed by atoms with Crippen LogP contribution in [-0.4, -0.2) is 49.3 Å². The van der Waals surface area contributed by atoms with E-state index in [0.717, 1.165) is 42.6 Å². The summed E-state index contributed by atoms with van der Waals surface area (Å²) < 4.78 is 4.77. The van der Waals surface area contributed by atoms with Gasteiger partial charge in [0.05, 0.1) is 12.7 Å². The van der Waals surface area contributed by atoms with E-state index in [1.54, 1.807) is 12.1 Å². The molecule has 26 heavy (non-hydrogen) atoms. The topological polar surface area (TPSA) is 53.6 Å². The highest BCUT2D eigenvalue weighted by Gasteiger charge is 2.21. The van der Waals surface area contributed by atoms with Crippen molar-refractivity contribution in [1.29, 1.82) is 0 Å². The quantitative estimate of drug-likeness (QED) is 0.450. The van der Waals surface area contributed by atoms with E-state index in [-0.39, 0.29) is 5.97 Å². The second kappa shape index (κ2) is 9.88. The number of ether oxygens (including phenoxy) is 1. The third kappa shape index (κ3) is 6.25. The summed E-state index contributed by atoms with van der Waals surface area (Å²) in [6, 6.07) is 5.41. The number of thiocarbonyl (C=S) groups is 1. The summed E-state index contributed by atoms with van der Waals surface area (Å²) in [7, 11) is 1.38. The van der Waals surface area contributed by atoms with Crippen molar-refractivity contribution in [3.63, 3.8) is 0 Å². The van der Waals surface area contributed by atoms with Crippen LogP contribution in [0.5, 0.6) is 0 Å². The highest BCUT2D eigenvalue weighted by atomic mass is 32.1. The lowest BCUT2D eigenvalue weighted by atomic mass is 9.92. The molecule has 1 aromatic rings. The fraction of sp³-hybridized carbons (Fsp3) is 0.600. The molecule has 1 heterocycles. The predicted octanol–water partition coefficient (Wildman–Crippen LogP) is 3.44. The van der Waals surface area contributed by atoms with E-state index in [2.05, 4.69) is 29.4 Å². The standard InChI is InChI=1S/C20H31N3O2S/c1-14-10-15(2)13-23(12-14)9-5-8-21-20(26)22-18-11-17(19(24)25-4)7-6-16(18)3/h6-7,11,14-15H,5,8-10,12-13H2,1-4H3,(H2,21,22,26). The number of aryl methyl sites for hydroxylation is 1. The minimum atomic E-state index is -0.350. The number of anilines is 1. The maximum absolute atomic E-state index is 11.7. The zero-order valence-electron chi connectivity index (χ0n) is 16.3. The average molecular weight is 378 g/mol. The first-order valence-corrected chi connectivity index (χ1v) is 9.76. The molecule has 0 amide bonds. The lowest BCUT2D eigenvalue weighted by molar-refractivity contribution is 0.0601. The number of methoxy groups -OCH3 is 1. The maximum Gasteiger partial charge on any atom is 0.337 e. The van der Waals surface area contributed by atoms with Gasteiger partial charge in [-0.05, 0) is 68.1 Å². The van der Waals surface area contributed by atoms with Crippen molar-refractivity contribution in [3.8, 4) is 0 Å². The van der Waals surface area contributed by atoms with Crippen molar-refractivity contribution < 1.29 is 9.53 Å². The molecule has 2 N–H and O–H groups in total. The van der Waals surface area contributed by atoms with Gasteiger partial charge < -0.3 is 20.3 Å². The number of piperidine rings is 1. The van der Waals surface area contributed by atoms with Crippen LogP contribution in [0.4, 0.5) is 5.69 Å². The number of esters is 1. The summed E-state index contributed by atoms with van der Waals surface area (Å²) in [4.78, 5) is 14.2. The van der Waals surface area contributed by atoms with Gasteiger partial charge in [-0.2, -0.15) is 0 Å². The number of carbonyl (C=O) groups excluding carboxylic acids is 1. The Kier molecular flexibility index (Phi) is 7.85. The summed E-state index contributed by atoms with van der Waals surface area (Å²) in [6.07, 6.45) is 2.40. The smallest absolute Gasteiger partial charge is 0.337 e. The fourth-order valence-corrected chi connectivity index (χ4v) is 3.86. The van der Waals surface area contributed by atoms with Crippen LogP contribution in [0.1, 0.15) is 42.6 Å². The molecule has 1 aromatic carbocycles. The number of likely N-dealkylation sites (tertiary alicyclic amines) is 1. The van der Waals surface area contributed by atoms with Crippen molar-refractivity contribution in [2.24, 2.45) is 11.8 Å². The number of carbonyl (C=O) groups is 1. The molecular weight excluding hydrogens is 346 g/mol. The molecule has 1 saturated heterocycles. The molecule has 2 rings (SSSR count). The van der Waals surface area contributed by atoms with E-state index in [9.17, 15) is 4.79 Å². The van der Waals surface area contributed by atoms with Crippen molar-refractivity contribution >= 4 is 29.0 Å². The Labute approximate surface area is 162 Å². The first kappa shape index (κ1) is 20.6. The summed E-state index contributed by atoms with van der Waals surface area (Å²) in [6.45, 7) is 11.0. The molecule has 6 heteroatoms. The van der Waals surface area contributed by atoms with Crippen molar-refractivity contribution in [2.75, 3.05) is 38.6 Å². The number of nitrogens with zero attached hydrogens (tertiary/aromatic N) is 1. The van der Waals surface area contributed by atoms with Gasteiger partial charge in [0.25, 0.3) is 0 Å². The molecule has 1 aliphatic rings. The van der Waals surface area contributed by atoms with Gasteiger partial charge >= 0.3 is 5.97 Å². The van der Waals surface area contributed by atoms with Crippen molar-refractivity contribution in [2.45, 2.75) is 33.6 Å². The molecule has 2 unspecified atom stereocenters. The lowest BCUT2D eigenvalue weighted by Crippen LogP contribution is -2.40. The largest absolute Gasteiger partial charge is 0.465 e. The Balaban J connectivity index is 1.76. The molecule has 0 spiro atoms. The number of hydrogen-bond donors (Lipinski definition) is 2. The van der Waals surface area contributed by atoms with Crippen LogP contribution >= 0.6 is 12.2 Å². The van der Waals surface area contributed by atoms with Gasteiger partial charge in [-0.3, -0.25) is 0 Å². The van der Waals surface area contributed by atoms with Crippen LogP contribution in [0.3, 0.4) is 0 Å². The molecule has 0 bridgehead atoms. The summed E-state index contributed by atoms with van der Waals surface area (Å²) in [5, 5.41) is 7.02. The molecule has 0 aromatic heterocycles. The predicted molar refractivity (Wildman–Crippen MR) is 111 cm³/mol. The van der Waals surface area contributed by atoms with Crippen LogP contribution in [-0.2, 0) is 4.74 Å². The summed E-state index contributed by atoms with van der Waals surface area (Å²) in [5.41, 5.74) is 2.36. The minimum Gasteiger partial charge on any atom is -0.465 e. The first-order valence-electron chi connectivity index (χ1n) is 9.35. The molecule has 0 saturated carbocycles. The molecule has 5 nitrogen and oxygen atoms in total. The number of benzene rings is 1.